The molecule has 2 aromatic rings. The van der Waals surface area contributed by atoms with E-state index in [1.165, 1.54) is 0 Å². The molecule has 0 radical (unpaired) electrons. The molecule has 0 atom stereocenters. The van der Waals surface area contributed by atoms with E-state index < -0.39 is 5.12 Å². The van der Waals surface area contributed by atoms with Crippen LogP contribution in [0.1, 0.15) is 26.3 Å². The Labute approximate surface area is 105 Å². The summed E-state index contributed by atoms with van der Waals surface area (Å²) in [6.07, 6.45) is 0. The minimum atomic E-state index is -0.398. The van der Waals surface area contributed by atoms with Crippen LogP contribution in [-0.2, 0) is 0 Å². The van der Waals surface area contributed by atoms with Gasteiger partial charge in [-0.15, -0.1) is 12.6 Å². The zero-order valence-electron chi connectivity index (χ0n) is 8.96. The number of benzene rings is 2. The van der Waals surface area contributed by atoms with Crippen LogP contribution in [0, 0.1) is 0 Å². The first kappa shape index (κ1) is 11.6. The fourth-order valence-electron chi connectivity index (χ4n) is 1.61. The van der Waals surface area contributed by atoms with E-state index in [1.807, 2.05) is 6.07 Å². The van der Waals surface area contributed by atoms with Crippen LogP contribution in [0.3, 0.4) is 0 Å². The number of hydrogen-bond acceptors (Lipinski definition) is 2. The summed E-state index contributed by atoms with van der Waals surface area (Å²) in [6, 6.07) is 15.6. The van der Waals surface area contributed by atoms with Gasteiger partial charge in [-0.1, -0.05) is 48.5 Å². The number of carbonyl (C=O) groups excluding carboxylic acids is 2. The lowest BCUT2D eigenvalue weighted by atomic mass is 9.99. The van der Waals surface area contributed by atoms with E-state index in [0.29, 0.717) is 16.7 Å². The smallest absolute Gasteiger partial charge is 0.217 e. The fourth-order valence-corrected chi connectivity index (χ4v) is 1.81. The molecule has 2 rings (SSSR count). The van der Waals surface area contributed by atoms with Crippen molar-refractivity contribution in [3.8, 4) is 0 Å². The van der Waals surface area contributed by atoms with E-state index in [1.54, 1.807) is 48.5 Å². The standard InChI is InChI=1S/C14H10O2S/c15-13(10-6-2-1-3-7-10)11-8-4-5-9-12(11)14(16)17/h1-9H,(H,16,17). The molecule has 0 unspecified atom stereocenters. The minimum Gasteiger partial charge on any atom is -0.289 e. The molecule has 3 heteroatoms. The van der Waals surface area contributed by atoms with Crippen LogP contribution < -0.4 is 0 Å². The van der Waals surface area contributed by atoms with Crippen molar-refractivity contribution in [2.24, 2.45) is 0 Å². The maximum absolute atomic E-state index is 12.2. The number of rotatable bonds is 3. The summed E-state index contributed by atoms with van der Waals surface area (Å²) in [5, 5.41) is -0.398. The van der Waals surface area contributed by atoms with E-state index in [9.17, 15) is 9.59 Å². The quantitative estimate of drug-likeness (QED) is 0.663. The zero-order chi connectivity index (χ0) is 12.3. The molecule has 0 saturated heterocycles. The highest BCUT2D eigenvalue weighted by atomic mass is 32.1. The van der Waals surface area contributed by atoms with Crippen LogP contribution >= 0.6 is 12.6 Å². The van der Waals surface area contributed by atoms with Crippen molar-refractivity contribution in [2.45, 2.75) is 0 Å². The van der Waals surface area contributed by atoms with Crippen LogP contribution in [0.4, 0.5) is 0 Å². The summed E-state index contributed by atoms with van der Waals surface area (Å²) >= 11 is 3.77. The Bertz CT molecular complexity index is 561. The highest BCUT2D eigenvalue weighted by molar-refractivity contribution is 7.97. The third kappa shape index (κ3) is 2.45. The number of hydrogen-bond donors (Lipinski definition) is 1. The largest absolute Gasteiger partial charge is 0.289 e. The van der Waals surface area contributed by atoms with E-state index in [-0.39, 0.29) is 5.78 Å². The Morgan fingerprint density at radius 1 is 0.765 bits per heavy atom. The first-order valence-electron chi connectivity index (χ1n) is 5.12. The van der Waals surface area contributed by atoms with Crippen molar-refractivity contribution in [1.29, 1.82) is 0 Å². The van der Waals surface area contributed by atoms with E-state index in [0.717, 1.165) is 0 Å². The molecule has 17 heavy (non-hydrogen) atoms. The lowest BCUT2D eigenvalue weighted by Gasteiger charge is -2.05. The van der Waals surface area contributed by atoms with Crippen molar-refractivity contribution in [1.82, 2.24) is 0 Å². The first-order valence-corrected chi connectivity index (χ1v) is 5.57. The fraction of sp³-hybridized carbons (Fsp3) is 0. The highest BCUT2D eigenvalue weighted by Crippen LogP contribution is 2.16. The molecule has 0 aliphatic carbocycles. The third-order valence-corrected chi connectivity index (χ3v) is 2.68. The summed E-state index contributed by atoms with van der Waals surface area (Å²) in [5.41, 5.74) is 1.29. The second kappa shape index (κ2) is 4.97. The van der Waals surface area contributed by atoms with Crippen molar-refractivity contribution >= 4 is 23.5 Å². The summed E-state index contributed by atoms with van der Waals surface area (Å²) in [4.78, 5) is 23.5. The van der Waals surface area contributed by atoms with Gasteiger partial charge in [0.25, 0.3) is 0 Å². The molecule has 0 spiro atoms. The minimum absolute atomic E-state index is 0.163. The van der Waals surface area contributed by atoms with Gasteiger partial charge in [0.2, 0.25) is 5.12 Å². The van der Waals surface area contributed by atoms with Crippen molar-refractivity contribution in [3.63, 3.8) is 0 Å². The van der Waals surface area contributed by atoms with Gasteiger partial charge in [0, 0.05) is 16.7 Å². The number of ketones is 1. The Kier molecular flexibility index (Phi) is 3.40. The molecule has 0 saturated carbocycles. The second-order valence-corrected chi connectivity index (χ2v) is 3.95. The van der Waals surface area contributed by atoms with Gasteiger partial charge in [-0.2, -0.15) is 0 Å². The molecule has 84 valence electrons. The summed E-state index contributed by atoms with van der Waals surface area (Å²) < 4.78 is 0. The molecular formula is C14H10O2S. The van der Waals surface area contributed by atoms with E-state index >= 15 is 0 Å². The van der Waals surface area contributed by atoms with Gasteiger partial charge in [0.15, 0.2) is 5.78 Å². The predicted molar refractivity (Wildman–Crippen MR) is 69.6 cm³/mol. The molecule has 0 heterocycles. The molecule has 0 bridgehead atoms. The van der Waals surface area contributed by atoms with Gasteiger partial charge in [-0.25, -0.2) is 0 Å². The third-order valence-electron chi connectivity index (χ3n) is 2.44. The van der Waals surface area contributed by atoms with Crippen molar-refractivity contribution in [2.75, 3.05) is 0 Å². The molecule has 2 nitrogen and oxygen atoms in total. The number of carbonyl (C=O) groups is 2. The van der Waals surface area contributed by atoms with Gasteiger partial charge in [-0.05, 0) is 6.07 Å². The molecule has 2 aromatic carbocycles. The van der Waals surface area contributed by atoms with Gasteiger partial charge in [-0.3, -0.25) is 9.59 Å². The molecule has 0 amide bonds. The Balaban J connectivity index is 2.48. The maximum Gasteiger partial charge on any atom is 0.217 e. The molecule has 0 aliphatic rings. The predicted octanol–water partition coefficient (Wildman–Crippen LogP) is 2.99. The Morgan fingerprint density at radius 3 is 1.88 bits per heavy atom. The van der Waals surface area contributed by atoms with Crippen LogP contribution in [0.2, 0.25) is 0 Å². The summed E-state index contributed by atoms with van der Waals surface area (Å²) in [6.45, 7) is 0. The average molecular weight is 242 g/mol. The van der Waals surface area contributed by atoms with Gasteiger partial charge in [0.1, 0.15) is 0 Å². The van der Waals surface area contributed by atoms with Crippen molar-refractivity contribution < 1.29 is 9.59 Å². The monoisotopic (exact) mass is 242 g/mol. The van der Waals surface area contributed by atoms with Crippen LogP contribution in [0.15, 0.2) is 54.6 Å². The molecule has 0 aliphatic heterocycles. The van der Waals surface area contributed by atoms with Gasteiger partial charge >= 0.3 is 0 Å². The normalized spacial score (nSPS) is 9.94. The Hall–Kier alpha value is -1.87. The summed E-state index contributed by atoms with van der Waals surface area (Å²) in [5.74, 6) is -0.163. The molecule has 0 aromatic heterocycles. The molecule has 0 N–H and O–H groups in total. The average Bonchev–Trinajstić information content (AvgIpc) is 2.39. The summed E-state index contributed by atoms with van der Waals surface area (Å²) in [7, 11) is 0. The maximum atomic E-state index is 12.2. The van der Waals surface area contributed by atoms with Gasteiger partial charge < -0.3 is 0 Å². The van der Waals surface area contributed by atoms with E-state index in [4.69, 9.17) is 0 Å². The lowest BCUT2D eigenvalue weighted by Crippen LogP contribution is -2.06. The molecule has 0 fully saturated rings. The van der Waals surface area contributed by atoms with Crippen molar-refractivity contribution in [3.05, 3.63) is 71.3 Å². The Morgan fingerprint density at radius 2 is 1.29 bits per heavy atom. The lowest BCUT2D eigenvalue weighted by molar-refractivity contribution is 0.102. The highest BCUT2D eigenvalue weighted by Gasteiger charge is 2.15. The van der Waals surface area contributed by atoms with E-state index in [2.05, 4.69) is 12.6 Å². The number of thiol groups is 1. The topological polar surface area (TPSA) is 34.1 Å². The van der Waals surface area contributed by atoms with Crippen LogP contribution in [0.5, 0.6) is 0 Å². The zero-order valence-corrected chi connectivity index (χ0v) is 9.85. The molecular weight excluding hydrogens is 232 g/mol. The van der Waals surface area contributed by atoms with Crippen LogP contribution in [-0.4, -0.2) is 10.9 Å². The first-order chi connectivity index (χ1) is 8.20. The second-order valence-electron chi connectivity index (χ2n) is 3.55. The SMILES string of the molecule is O=C(S)c1ccccc1C(=O)c1ccccc1. The van der Waals surface area contributed by atoms with Gasteiger partial charge in [0.05, 0.1) is 0 Å². The van der Waals surface area contributed by atoms with Crippen LogP contribution in [0.25, 0.3) is 0 Å².